The van der Waals surface area contributed by atoms with Gasteiger partial charge in [0.25, 0.3) is 5.91 Å². The molecule has 2 aromatic rings. The Kier molecular flexibility index (Phi) is 7.37. The summed E-state index contributed by atoms with van der Waals surface area (Å²) < 4.78 is 16.2. The second-order valence-corrected chi connectivity index (χ2v) is 6.80. The lowest BCUT2D eigenvalue weighted by molar-refractivity contribution is -0.141. The Bertz CT molecular complexity index is 864. The molecule has 2 aromatic carbocycles. The first-order valence-corrected chi connectivity index (χ1v) is 9.80. The van der Waals surface area contributed by atoms with E-state index >= 15 is 0 Å². The molecule has 160 valence electrons. The summed E-state index contributed by atoms with van der Waals surface area (Å²) in [5.41, 5.74) is 0. The maximum Gasteiger partial charge on any atom is 0.260 e. The van der Waals surface area contributed by atoms with E-state index in [1.54, 1.807) is 59.4 Å². The normalized spacial score (nSPS) is 13.6. The van der Waals surface area contributed by atoms with Crippen LogP contribution in [0.3, 0.4) is 0 Å². The van der Waals surface area contributed by atoms with Crippen molar-refractivity contribution in [3.05, 3.63) is 48.5 Å². The number of nitrogens with zero attached hydrogens (tertiary/aromatic N) is 2. The van der Waals surface area contributed by atoms with Crippen molar-refractivity contribution in [2.45, 2.75) is 6.42 Å². The first kappa shape index (κ1) is 21.3. The average molecular weight is 414 g/mol. The van der Waals surface area contributed by atoms with Crippen LogP contribution in [0.4, 0.5) is 0 Å². The van der Waals surface area contributed by atoms with Crippen LogP contribution in [0.1, 0.15) is 6.42 Å². The minimum Gasteiger partial charge on any atom is -0.504 e. The molecule has 30 heavy (non-hydrogen) atoms. The number of rotatable bonds is 8. The number of hydrogen-bond donors (Lipinski definition) is 1. The molecule has 1 fully saturated rings. The molecule has 0 unspecified atom stereocenters. The van der Waals surface area contributed by atoms with Crippen molar-refractivity contribution in [1.29, 1.82) is 0 Å². The molecule has 3 rings (SSSR count). The molecular formula is C22H26N2O6. The fourth-order valence-corrected chi connectivity index (χ4v) is 3.12. The Balaban J connectivity index is 1.37. The van der Waals surface area contributed by atoms with Crippen molar-refractivity contribution in [2.75, 3.05) is 46.5 Å². The summed E-state index contributed by atoms with van der Waals surface area (Å²) in [7, 11) is 1.57. The van der Waals surface area contributed by atoms with Gasteiger partial charge in [0.2, 0.25) is 5.91 Å². The molecule has 0 spiro atoms. The summed E-state index contributed by atoms with van der Waals surface area (Å²) in [6, 6.07) is 13.7. The summed E-state index contributed by atoms with van der Waals surface area (Å²) in [4.78, 5) is 28.2. The molecule has 8 nitrogen and oxygen atoms in total. The molecule has 0 radical (unpaired) electrons. The molecule has 1 saturated heterocycles. The molecule has 0 atom stereocenters. The van der Waals surface area contributed by atoms with Gasteiger partial charge in [-0.15, -0.1) is 0 Å². The zero-order valence-electron chi connectivity index (χ0n) is 17.0. The number of aromatic hydroxyl groups is 1. The molecule has 1 heterocycles. The zero-order chi connectivity index (χ0) is 21.3. The summed E-state index contributed by atoms with van der Waals surface area (Å²) in [5, 5.41) is 9.67. The minimum absolute atomic E-state index is 0.0369. The lowest BCUT2D eigenvalue weighted by atomic mass is 10.2. The molecule has 0 bridgehead atoms. The van der Waals surface area contributed by atoms with Crippen molar-refractivity contribution in [1.82, 2.24) is 9.80 Å². The number of methoxy groups -OCH3 is 1. The SMILES string of the molecule is COc1cccc(OCC(=O)N2CCN(C(=O)CCOc3ccccc3O)CC2)c1. The van der Waals surface area contributed by atoms with E-state index in [1.165, 1.54) is 6.07 Å². The van der Waals surface area contributed by atoms with Gasteiger partial charge in [-0.25, -0.2) is 0 Å². The van der Waals surface area contributed by atoms with Crippen LogP contribution in [0.25, 0.3) is 0 Å². The smallest absolute Gasteiger partial charge is 0.260 e. The van der Waals surface area contributed by atoms with Gasteiger partial charge in [-0.1, -0.05) is 18.2 Å². The third-order valence-electron chi connectivity index (χ3n) is 4.83. The number of piperazine rings is 1. The summed E-state index contributed by atoms with van der Waals surface area (Å²) in [5.74, 6) is 1.49. The van der Waals surface area contributed by atoms with Gasteiger partial charge in [-0.2, -0.15) is 0 Å². The van der Waals surface area contributed by atoms with Crippen molar-refractivity contribution >= 4 is 11.8 Å². The van der Waals surface area contributed by atoms with E-state index in [0.717, 1.165) is 0 Å². The number of carbonyl (C=O) groups is 2. The van der Waals surface area contributed by atoms with Crippen molar-refractivity contribution in [3.8, 4) is 23.0 Å². The van der Waals surface area contributed by atoms with Crippen LogP contribution in [0.2, 0.25) is 0 Å². The van der Waals surface area contributed by atoms with Crippen LogP contribution in [0.5, 0.6) is 23.0 Å². The number of hydrogen-bond acceptors (Lipinski definition) is 6. The van der Waals surface area contributed by atoms with Crippen LogP contribution in [-0.4, -0.2) is 73.2 Å². The molecule has 2 amide bonds. The van der Waals surface area contributed by atoms with Crippen LogP contribution in [0, 0.1) is 0 Å². The number of phenols is 1. The Morgan fingerprint density at radius 3 is 2.27 bits per heavy atom. The maximum atomic E-state index is 12.4. The second kappa shape index (κ2) is 10.4. The average Bonchev–Trinajstić information content (AvgIpc) is 2.79. The Hall–Kier alpha value is -3.42. The van der Waals surface area contributed by atoms with Gasteiger partial charge in [0, 0.05) is 32.2 Å². The zero-order valence-corrected chi connectivity index (χ0v) is 17.0. The third-order valence-corrected chi connectivity index (χ3v) is 4.83. The molecule has 1 aliphatic heterocycles. The van der Waals surface area contributed by atoms with Gasteiger partial charge >= 0.3 is 0 Å². The lowest BCUT2D eigenvalue weighted by Gasteiger charge is -2.34. The molecule has 1 N–H and O–H groups in total. The fraction of sp³-hybridized carbons (Fsp3) is 0.364. The molecule has 0 aromatic heterocycles. The number of carbonyl (C=O) groups excluding carboxylic acids is 2. The van der Waals surface area contributed by atoms with Crippen LogP contribution in [0.15, 0.2) is 48.5 Å². The number of amides is 2. The van der Waals surface area contributed by atoms with E-state index in [1.807, 2.05) is 0 Å². The monoisotopic (exact) mass is 414 g/mol. The van der Waals surface area contributed by atoms with Crippen LogP contribution in [-0.2, 0) is 9.59 Å². The summed E-state index contributed by atoms with van der Waals surface area (Å²) in [6.07, 6.45) is 0.210. The standard InChI is InChI=1S/C22H26N2O6/c1-28-17-5-4-6-18(15-17)30-16-22(27)24-12-10-23(11-13-24)21(26)9-14-29-20-8-3-2-7-19(20)25/h2-8,15,25H,9-14,16H2,1H3. The number of phenolic OH excluding ortho intramolecular Hbond substituents is 1. The lowest BCUT2D eigenvalue weighted by Crippen LogP contribution is -2.51. The highest BCUT2D eigenvalue weighted by Crippen LogP contribution is 2.24. The first-order chi connectivity index (χ1) is 14.6. The highest BCUT2D eigenvalue weighted by Gasteiger charge is 2.24. The molecule has 8 heteroatoms. The van der Waals surface area contributed by atoms with Crippen molar-refractivity contribution in [3.63, 3.8) is 0 Å². The Morgan fingerprint density at radius 1 is 0.900 bits per heavy atom. The molecular weight excluding hydrogens is 388 g/mol. The highest BCUT2D eigenvalue weighted by molar-refractivity contribution is 5.79. The second-order valence-electron chi connectivity index (χ2n) is 6.80. The Labute approximate surface area is 175 Å². The number of benzene rings is 2. The van der Waals surface area contributed by atoms with Gasteiger partial charge in [0.1, 0.15) is 11.5 Å². The molecule has 0 saturated carbocycles. The molecule has 0 aliphatic carbocycles. The summed E-state index contributed by atoms with van der Waals surface area (Å²) in [6.45, 7) is 2.00. The van der Waals surface area contributed by atoms with E-state index in [9.17, 15) is 14.7 Å². The Morgan fingerprint density at radius 2 is 1.57 bits per heavy atom. The topological polar surface area (TPSA) is 88.5 Å². The van der Waals surface area contributed by atoms with E-state index in [4.69, 9.17) is 14.2 Å². The number of ether oxygens (including phenoxy) is 3. The van der Waals surface area contributed by atoms with Crippen molar-refractivity contribution in [2.24, 2.45) is 0 Å². The first-order valence-electron chi connectivity index (χ1n) is 9.80. The van der Waals surface area contributed by atoms with Crippen LogP contribution < -0.4 is 14.2 Å². The van der Waals surface area contributed by atoms with E-state index < -0.39 is 0 Å². The van der Waals surface area contributed by atoms with Gasteiger partial charge in [-0.05, 0) is 24.3 Å². The predicted molar refractivity (Wildman–Crippen MR) is 110 cm³/mol. The van der Waals surface area contributed by atoms with Crippen molar-refractivity contribution < 1.29 is 28.9 Å². The van der Waals surface area contributed by atoms with Gasteiger partial charge in [0.15, 0.2) is 18.1 Å². The highest BCUT2D eigenvalue weighted by atomic mass is 16.5. The minimum atomic E-state index is -0.118. The van der Waals surface area contributed by atoms with E-state index in [0.29, 0.717) is 43.4 Å². The maximum absolute atomic E-state index is 12.4. The van der Waals surface area contributed by atoms with E-state index in [-0.39, 0.29) is 37.2 Å². The fourth-order valence-electron chi connectivity index (χ4n) is 3.12. The number of para-hydroxylation sites is 2. The van der Waals surface area contributed by atoms with Crippen LogP contribution >= 0.6 is 0 Å². The van der Waals surface area contributed by atoms with Gasteiger partial charge < -0.3 is 29.1 Å². The molecule has 1 aliphatic rings. The van der Waals surface area contributed by atoms with Gasteiger partial charge in [0.05, 0.1) is 20.1 Å². The van der Waals surface area contributed by atoms with Gasteiger partial charge in [-0.3, -0.25) is 9.59 Å². The largest absolute Gasteiger partial charge is 0.504 e. The summed E-state index contributed by atoms with van der Waals surface area (Å²) >= 11 is 0. The predicted octanol–water partition coefficient (Wildman–Crippen LogP) is 1.92. The van der Waals surface area contributed by atoms with E-state index in [2.05, 4.69) is 0 Å². The third kappa shape index (κ3) is 5.79. The quantitative estimate of drug-likeness (QED) is 0.710.